The van der Waals surface area contributed by atoms with Crippen molar-refractivity contribution in [3.8, 4) is 11.5 Å². The number of thioether (sulfide) groups is 1. The highest BCUT2D eigenvalue weighted by Crippen LogP contribution is 2.34. The van der Waals surface area contributed by atoms with Crippen molar-refractivity contribution < 1.29 is 29.0 Å². The largest absolute Gasteiger partial charge is 0.478 e. The first kappa shape index (κ1) is 29.2. The molecule has 0 bridgehead atoms. The number of rotatable bonds is 9. The lowest BCUT2D eigenvalue weighted by Crippen LogP contribution is -2.38. The Bertz CT molecular complexity index is 1390. The molecule has 1 aliphatic rings. The van der Waals surface area contributed by atoms with E-state index >= 15 is 0 Å². The summed E-state index contributed by atoms with van der Waals surface area (Å²) in [6.45, 7) is 7.40. The summed E-state index contributed by atoms with van der Waals surface area (Å²) in [7, 11) is 1.74. The Morgan fingerprint density at radius 1 is 1.10 bits per heavy atom. The fourth-order valence-corrected chi connectivity index (χ4v) is 5.44. The van der Waals surface area contributed by atoms with Gasteiger partial charge in [-0.2, -0.15) is 5.10 Å². The first-order chi connectivity index (χ1) is 18.9. The number of ketones is 1. The van der Waals surface area contributed by atoms with Crippen LogP contribution < -0.4 is 9.47 Å². The van der Waals surface area contributed by atoms with Gasteiger partial charge in [-0.25, -0.2) is 9.59 Å². The van der Waals surface area contributed by atoms with E-state index in [4.69, 9.17) is 9.47 Å². The van der Waals surface area contributed by atoms with Gasteiger partial charge in [0, 0.05) is 36.5 Å². The Kier molecular flexibility index (Phi) is 8.58. The zero-order valence-corrected chi connectivity index (χ0v) is 24.4. The van der Waals surface area contributed by atoms with Crippen LogP contribution in [0, 0.1) is 25.7 Å². The van der Waals surface area contributed by atoms with Gasteiger partial charge in [0.2, 0.25) is 0 Å². The van der Waals surface area contributed by atoms with E-state index in [0.29, 0.717) is 30.0 Å². The maximum Gasteiger partial charge on any atom is 0.415 e. The SMILES string of the molecule is CSc1ccc(C(=O)[C@H]2CN(C(=O)Oc3cnn(C)c3)C[C@@H]2Cc2cc(C)c(OC(C)(C)C(=O)O)c(C)c2)cc1. The number of likely N-dealkylation sites (tertiary alicyclic amines) is 1. The molecule has 40 heavy (non-hydrogen) atoms. The van der Waals surface area contributed by atoms with Crippen molar-refractivity contribution in [2.45, 2.75) is 44.6 Å². The number of benzene rings is 2. The minimum absolute atomic E-state index is 0.00839. The minimum atomic E-state index is -1.37. The van der Waals surface area contributed by atoms with Gasteiger partial charge in [0.25, 0.3) is 0 Å². The molecular weight excluding hydrogens is 530 g/mol. The Balaban J connectivity index is 1.59. The van der Waals surface area contributed by atoms with Gasteiger partial charge < -0.3 is 19.5 Å². The number of carbonyl (C=O) groups excluding carboxylic acids is 2. The van der Waals surface area contributed by atoms with Gasteiger partial charge in [-0.05, 0) is 75.1 Å². The zero-order chi connectivity index (χ0) is 29.2. The fourth-order valence-electron chi connectivity index (χ4n) is 5.03. The molecule has 0 aliphatic carbocycles. The molecule has 2 aromatic carbocycles. The molecule has 10 heteroatoms. The molecule has 1 saturated heterocycles. The molecule has 3 aromatic rings. The van der Waals surface area contributed by atoms with Gasteiger partial charge in [-0.1, -0.05) is 24.3 Å². The fraction of sp³-hybridized carbons (Fsp3) is 0.400. The van der Waals surface area contributed by atoms with Crippen molar-refractivity contribution in [2.75, 3.05) is 19.3 Å². The molecule has 0 unspecified atom stereocenters. The average molecular weight is 566 g/mol. The zero-order valence-electron chi connectivity index (χ0n) is 23.6. The number of ether oxygens (including phenoxy) is 2. The third-order valence-electron chi connectivity index (χ3n) is 7.19. The second-order valence-corrected chi connectivity index (χ2v) is 11.6. The van der Waals surface area contributed by atoms with Gasteiger partial charge in [-0.3, -0.25) is 9.48 Å². The molecule has 2 atom stereocenters. The molecule has 2 heterocycles. The van der Waals surface area contributed by atoms with Crippen LogP contribution in [-0.2, 0) is 18.3 Å². The lowest BCUT2D eigenvalue weighted by molar-refractivity contribution is -0.152. The number of aliphatic carboxylic acids is 1. The first-order valence-corrected chi connectivity index (χ1v) is 14.3. The number of aromatic nitrogens is 2. The van der Waals surface area contributed by atoms with Gasteiger partial charge in [0.1, 0.15) is 5.75 Å². The number of hydrogen-bond acceptors (Lipinski definition) is 7. The second-order valence-electron chi connectivity index (χ2n) is 10.8. The van der Waals surface area contributed by atoms with Crippen LogP contribution in [0.4, 0.5) is 4.79 Å². The Hall–Kier alpha value is -3.79. The number of nitrogens with zero attached hydrogens (tertiary/aromatic N) is 3. The van der Waals surface area contributed by atoms with Crippen molar-refractivity contribution in [2.24, 2.45) is 18.9 Å². The van der Waals surface area contributed by atoms with Crippen molar-refractivity contribution in [3.05, 3.63) is 71.0 Å². The van der Waals surface area contributed by atoms with Gasteiger partial charge in [0.15, 0.2) is 17.1 Å². The monoisotopic (exact) mass is 565 g/mol. The molecule has 4 rings (SSSR count). The van der Waals surface area contributed by atoms with E-state index in [0.717, 1.165) is 21.6 Å². The molecule has 1 fully saturated rings. The standard InChI is InChI=1S/C30H35N3O6S/c1-18-11-20(12-19(2)27(18)39-30(3,4)28(35)36)13-22-15-33(29(37)38-23-14-31-32(5)16-23)17-25(22)26(34)21-7-9-24(40-6)10-8-21/h7-12,14,16,22,25H,13,15,17H2,1-6H3,(H,35,36)/t22-,25-/m0/s1. The van der Waals surface area contributed by atoms with Crippen LogP contribution in [0.15, 0.2) is 53.7 Å². The van der Waals surface area contributed by atoms with E-state index in [1.807, 2.05) is 56.5 Å². The van der Waals surface area contributed by atoms with E-state index < -0.39 is 23.6 Å². The lowest BCUT2D eigenvalue weighted by atomic mass is 9.84. The van der Waals surface area contributed by atoms with Crippen LogP contribution in [0.2, 0.25) is 0 Å². The topological polar surface area (TPSA) is 111 Å². The molecule has 212 valence electrons. The van der Waals surface area contributed by atoms with Crippen LogP contribution in [0.5, 0.6) is 11.5 Å². The summed E-state index contributed by atoms with van der Waals surface area (Å²) in [6, 6.07) is 11.5. The Morgan fingerprint density at radius 2 is 1.75 bits per heavy atom. The van der Waals surface area contributed by atoms with Crippen LogP contribution in [0.3, 0.4) is 0 Å². The summed E-state index contributed by atoms with van der Waals surface area (Å²) in [5, 5.41) is 13.5. The summed E-state index contributed by atoms with van der Waals surface area (Å²) in [6.07, 6.45) is 5.11. The van der Waals surface area contributed by atoms with E-state index in [1.165, 1.54) is 20.0 Å². The van der Waals surface area contributed by atoms with E-state index in [9.17, 15) is 19.5 Å². The quantitative estimate of drug-likeness (QED) is 0.279. The highest BCUT2D eigenvalue weighted by Gasteiger charge is 2.41. The number of carboxylic acids is 1. The first-order valence-electron chi connectivity index (χ1n) is 13.0. The highest BCUT2D eigenvalue weighted by atomic mass is 32.2. The van der Waals surface area contributed by atoms with Gasteiger partial charge >= 0.3 is 12.1 Å². The highest BCUT2D eigenvalue weighted by molar-refractivity contribution is 7.98. The number of hydrogen-bond donors (Lipinski definition) is 1. The molecule has 0 radical (unpaired) electrons. The molecule has 0 spiro atoms. The van der Waals surface area contributed by atoms with Crippen LogP contribution >= 0.6 is 11.8 Å². The average Bonchev–Trinajstić information content (AvgIpc) is 3.51. The number of carbonyl (C=O) groups is 3. The normalized spacial score (nSPS) is 17.1. The molecule has 0 saturated carbocycles. The van der Waals surface area contributed by atoms with Crippen LogP contribution in [-0.4, -0.2) is 62.6 Å². The van der Waals surface area contributed by atoms with Crippen molar-refractivity contribution in [1.29, 1.82) is 0 Å². The third-order valence-corrected chi connectivity index (χ3v) is 7.93. The maximum atomic E-state index is 13.7. The predicted molar refractivity (Wildman–Crippen MR) is 152 cm³/mol. The van der Waals surface area contributed by atoms with Gasteiger partial charge in [0.05, 0.1) is 12.4 Å². The van der Waals surface area contributed by atoms with Crippen molar-refractivity contribution >= 4 is 29.6 Å². The van der Waals surface area contributed by atoms with Crippen molar-refractivity contribution in [3.63, 3.8) is 0 Å². The second kappa shape index (κ2) is 11.8. The Labute approximate surface area is 238 Å². The van der Waals surface area contributed by atoms with Gasteiger partial charge in [-0.15, -0.1) is 11.8 Å². The molecule has 1 N–H and O–H groups in total. The molecule has 1 aromatic heterocycles. The van der Waals surface area contributed by atoms with E-state index in [2.05, 4.69) is 5.10 Å². The predicted octanol–water partition coefficient (Wildman–Crippen LogP) is 5.17. The summed E-state index contributed by atoms with van der Waals surface area (Å²) >= 11 is 1.61. The molecule has 1 aliphatic heterocycles. The molecule has 9 nitrogen and oxygen atoms in total. The number of carboxylic acid groups (broad SMARTS) is 1. The van der Waals surface area contributed by atoms with E-state index in [-0.39, 0.29) is 18.2 Å². The van der Waals surface area contributed by atoms with Crippen LogP contribution in [0.1, 0.15) is 40.9 Å². The van der Waals surface area contributed by atoms with Crippen molar-refractivity contribution in [1.82, 2.24) is 14.7 Å². The maximum absolute atomic E-state index is 13.7. The summed E-state index contributed by atoms with van der Waals surface area (Å²) in [5.41, 5.74) is 1.85. The molecular formula is C30H35N3O6S. The molecule has 1 amide bonds. The Morgan fingerprint density at radius 3 is 2.30 bits per heavy atom. The van der Waals surface area contributed by atoms with E-state index in [1.54, 1.807) is 34.6 Å². The summed E-state index contributed by atoms with van der Waals surface area (Å²) in [4.78, 5) is 41.0. The summed E-state index contributed by atoms with van der Waals surface area (Å²) in [5.74, 6) is -0.736. The number of amides is 1. The third kappa shape index (κ3) is 6.50. The number of aryl methyl sites for hydroxylation is 3. The summed E-state index contributed by atoms with van der Waals surface area (Å²) < 4.78 is 12.9. The minimum Gasteiger partial charge on any atom is -0.478 e. The smallest absolute Gasteiger partial charge is 0.415 e. The lowest BCUT2D eigenvalue weighted by Gasteiger charge is -2.25. The van der Waals surface area contributed by atoms with Crippen LogP contribution in [0.25, 0.3) is 0 Å². The number of Topliss-reactive ketones (excluding diaryl/α,β-unsaturated/α-hetero) is 1.